The lowest BCUT2D eigenvalue weighted by molar-refractivity contribution is -0.125. The zero-order valence-corrected chi connectivity index (χ0v) is 15.0. The van der Waals surface area contributed by atoms with Crippen LogP contribution in [0.15, 0.2) is 42.6 Å². The molecule has 1 aromatic carbocycles. The van der Waals surface area contributed by atoms with Gasteiger partial charge in [0.05, 0.1) is 12.5 Å². The van der Waals surface area contributed by atoms with E-state index in [1.165, 1.54) is 0 Å². The Morgan fingerprint density at radius 3 is 2.67 bits per heavy atom. The third-order valence-corrected chi connectivity index (χ3v) is 4.31. The molecule has 0 bridgehead atoms. The highest BCUT2D eigenvalue weighted by Gasteiger charge is 2.30. The lowest BCUT2D eigenvalue weighted by atomic mass is 9.97. The monoisotopic (exact) mass is 367 g/mol. The van der Waals surface area contributed by atoms with Crippen LogP contribution in [0.4, 0.5) is 0 Å². The number of amides is 3. The molecule has 2 heterocycles. The van der Waals surface area contributed by atoms with Crippen molar-refractivity contribution in [3.8, 4) is 5.88 Å². The van der Waals surface area contributed by atoms with Crippen molar-refractivity contribution in [3.05, 3.63) is 59.3 Å². The van der Waals surface area contributed by atoms with E-state index in [4.69, 9.17) is 4.74 Å². The molecule has 1 fully saturated rings. The van der Waals surface area contributed by atoms with Gasteiger partial charge in [0.25, 0.3) is 5.91 Å². The van der Waals surface area contributed by atoms with E-state index in [1.54, 1.807) is 24.4 Å². The third kappa shape index (κ3) is 4.91. The van der Waals surface area contributed by atoms with Gasteiger partial charge in [0.2, 0.25) is 17.7 Å². The van der Waals surface area contributed by atoms with Crippen molar-refractivity contribution in [2.75, 3.05) is 6.61 Å². The van der Waals surface area contributed by atoms with Crippen molar-refractivity contribution >= 4 is 17.7 Å². The fourth-order valence-electron chi connectivity index (χ4n) is 2.92. The Labute approximate surface area is 157 Å². The van der Waals surface area contributed by atoms with Crippen LogP contribution in [0, 0.1) is 5.92 Å². The van der Waals surface area contributed by atoms with E-state index < -0.39 is 0 Å². The summed E-state index contributed by atoms with van der Waals surface area (Å²) < 4.78 is 5.35. The normalized spacial score (nSPS) is 16.1. The van der Waals surface area contributed by atoms with Gasteiger partial charge < -0.3 is 10.1 Å². The van der Waals surface area contributed by atoms with E-state index in [0.717, 1.165) is 11.1 Å². The van der Waals surface area contributed by atoms with Crippen LogP contribution in [-0.2, 0) is 22.6 Å². The van der Waals surface area contributed by atoms with Crippen LogP contribution in [0.1, 0.15) is 34.8 Å². The average Bonchev–Trinajstić information content (AvgIpc) is 2.98. The number of nitrogens with one attached hydrogen (secondary N) is 2. The maximum Gasteiger partial charge on any atom is 0.251 e. The van der Waals surface area contributed by atoms with E-state index in [-0.39, 0.29) is 30.1 Å². The minimum absolute atomic E-state index is 0.190. The highest BCUT2D eigenvalue weighted by Crippen LogP contribution is 2.18. The fraction of sp³-hybridized carbons (Fsp3) is 0.300. The van der Waals surface area contributed by atoms with Gasteiger partial charge in [-0.25, -0.2) is 4.98 Å². The number of carbonyl (C=O) groups excluding carboxylic acids is 3. The molecule has 1 saturated heterocycles. The summed E-state index contributed by atoms with van der Waals surface area (Å²) in [6, 6.07) is 10.7. The van der Waals surface area contributed by atoms with Crippen LogP contribution < -0.4 is 15.4 Å². The van der Waals surface area contributed by atoms with E-state index in [9.17, 15) is 14.4 Å². The molecule has 27 heavy (non-hydrogen) atoms. The van der Waals surface area contributed by atoms with Crippen LogP contribution in [0.2, 0.25) is 0 Å². The quantitative estimate of drug-likeness (QED) is 0.725. The summed E-state index contributed by atoms with van der Waals surface area (Å²) in [5.74, 6) is -0.452. The molecular formula is C20H21N3O4. The third-order valence-electron chi connectivity index (χ3n) is 4.31. The molecule has 1 atom stereocenters. The van der Waals surface area contributed by atoms with E-state index >= 15 is 0 Å². The van der Waals surface area contributed by atoms with Crippen LogP contribution in [0.5, 0.6) is 5.88 Å². The minimum Gasteiger partial charge on any atom is -0.478 e. The Bertz CT molecular complexity index is 849. The lowest BCUT2D eigenvalue weighted by Crippen LogP contribution is -2.23. The smallest absolute Gasteiger partial charge is 0.251 e. The second kappa shape index (κ2) is 8.44. The second-order valence-corrected chi connectivity index (χ2v) is 6.33. The molecule has 0 radical (unpaired) electrons. The maximum atomic E-state index is 12.3. The van der Waals surface area contributed by atoms with Gasteiger partial charge >= 0.3 is 0 Å². The lowest BCUT2D eigenvalue weighted by Gasteiger charge is -2.09. The number of carbonyl (C=O) groups is 3. The van der Waals surface area contributed by atoms with Gasteiger partial charge in [-0.15, -0.1) is 0 Å². The molecule has 7 nitrogen and oxygen atoms in total. The van der Waals surface area contributed by atoms with Crippen molar-refractivity contribution in [1.82, 2.24) is 15.6 Å². The Morgan fingerprint density at radius 1 is 1.22 bits per heavy atom. The summed E-state index contributed by atoms with van der Waals surface area (Å²) in [5.41, 5.74) is 2.34. The second-order valence-electron chi connectivity index (χ2n) is 6.33. The summed E-state index contributed by atoms with van der Waals surface area (Å²) in [5, 5.41) is 5.16. The van der Waals surface area contributed by atoms with Crippen molar-refractivity contribution in [1.29, 1.82) is 0 Å². The molecule has 3 amide bonds. The van der Waals surface area contributed by atoms with Crippen LogP contribution in [0.3, 0.4) is 0 Å². The molecule has 140 valence electrons. The molecule has 0 aliphatic carbocycles. The number of pyridine rings is 1. The molecule has 0 spiro atoms. The van der Waals surface area contributed by atoms with Gasteiger partial charge in [0.1, 0.15) is 0 Å². The van der Waals surface area contributed by atoms with Gasteiger partial charge in [-0.3, -0.25) is 19.7 Å². The predicted molar refractivity (Wildman–Crippen MR) is 98.0 cm³/mol. The largest absolute Gasteiger partial charge is 0.478 e. The first-order valence-electron chi connectivity index (χ1n) is 8.83. The number of nitrogens with zero attached hydrogens (tertiary/aromatic N) is 1. The summed E-state index contributed by atoms with van der Waals surface area (Å²) in [6.45, 7) is 2.79. The maximum absolute atomic E-state index is 12.3. The first kappa shape index (κ1) is 18.6. The van der Waals surface area contributed by atoms with Gasteiger partial charge in [-0.2, -0.15) is 0 Å². The Hall–Kier alpha value is -3.22. The molecule has 2 N–H and O–H groups in total. The average molecular weight is 367 g/mol. The molecule has 2 aromatic rings. The zero-order chi connectivity index (χ0) is 19.2. The minimum atomic E-state index is -0.330. The number of hydrogen-bond acceptors (Lipinski definition) is 5. The Balaban J connectivity index is 1.55. The molecule has 7 heteroatoms. The molecule has 0 saturated carbocycles. The van der Waals surface area contributed by atoms with Crippen molar-refractivity contribution in [2.24, 2.45) is 5.92 Å². The standard InChI is InChI=1S/C20H21N3O4/c1-2-27-18-10-14(7-8-21-18)12-22-19(25)15-5-3-13(4-6-15)9-16-11-17(24)23-20(16)26/h3-8,10,16H,2,9,11-12H2,1H3,(H,22,25)(H,23,24,26). The zero-order valence-electron chi connectivity index (χ0n) is 15.0. The summed E-state index contributed by atoms with van der Waals surface area (Å²) in [6.07, 6.45) is 2.35. The van der Waals surface area contributed by atoms with Crippen LogP contribution in [-0.4, -0.2) is 29.3 Å². The van der Waals surface area contributed by atoms with Gasteiger partial charge in [-0.05, 0) is 42.7 Å². The molecular weight excluding hydrogens is 346 g/mol. The Morgan fingerprint density at radius 2 is 2.00 bits per heavy atom. The number of hydrogen-bond donors (Lipinski definition) is 2. The molecule has 1 aromatic heterocycles. The van der Waals surface area contributed by atoms with E-state index in [1.807, 2.05) is 25.1 Å². The van der Waals surface area contributed by atoms with E-state index in [0.29, 0.717) is 31.0 Å². The van der Waals surface area contributed by atoms with Gasteiger partial charge in [0, 0.05) is 30.8 Å². The first-order chi connectivity index (χ1) is 13.0. The number of rotatable bonds is 7. The van der Waals surface area contributed by atoms with Gasteiger partial charge in [-0.1, -0.05) is 12.1 Å². The first-order valence-corrected chi connectivity index (χ1v) is 8.83. The molecule has 1 aliphatic rings. The number of ether oxygens (including phenoxy) is 1. The van der Waals surface area contributed by atoms with Gasteiger partial charge in [0.15, 0.2) is 0 Å². The molecule has 1 unspecified atom stereocenters. The fourth-order valence-corrected chi connectivity index (χ4v) is 2.92. The summed E-state index contributed by atoms with van der Waals surface area (Å²) in [4.78, 5) is 39.3. The number of imide groups is 1. The van der Waals surface area contributed by atoms with Crippen molar-refractivity contribution in [3.63, 3.8) is 0 Å². The summed E-state index contributed by atoms with van der Waals surface area (Å²) in [7, 11) is 0. The molecule has 3 rings (SSSR count). The van der Waals surface area contributed by atoms with E-state index in [2.05, 4.69) is 15.6 Å². The number of benzene rings is 1. The van der Waals surface area contributed by atoms with Crippen molar-refractivity contribution in [2.45, 2.75) is 26.3 Å². The van der Waals surface area contributed by atoms with Crippen molar-refractivity contribution < 1.29 is 19.1 Å². The highest BCUT2D eigenvalue weighted by molar-refractivity contribution is 6.03. The molecule has 1 aliphatic heterocycles. The summed E-state index contributed by atoms with van der Waals surface area (Å²) >= 11 is 0. The SMILES string of the molecule is CCOc1cc(CNC(=O)c2ccc(CC3CC(=O)NC3=O)cc2)ccn1. The number of aromatic nitrogens is 1. The van der Waals surface area contributed by atoms with Crippen LogP contribution in [0.25, 0.3) is 0 Å². The predicted octanol–water partition coefficient (Wildman–Crippen LogP) is 1.62. The Kier molecular flexibility index (Phi) is 5.80. The topological polar surface area (TPSA) is 97.4 Å². The highest BCUT2D eigenvalue weighted by atomic mass is 16.5. The van der Waals surface area contributed by atoms with Crippen LogP contribution >= 0.6 is 0 Å².